The van der Waals surface area contributed by atoms with Gasteiger partial charge in [0, 0.05) is 0 Å². The Bertz CT molecular complexity index is 717. The predicted molar refractivity (Wildman–Crippen MR) is 85.3 cm³/mol. The molecule has 0 N–H and O–H groups in total. The van der Waals surface area contributed by atoms with Crippen LogP contribution in [-0.4, -0.2) is 0 Å². The second-order valence-corrected chi connectivity index (χ2v) is 5.68. The monoisotopic (exact) mass is 374 g/mol. The van der Waals surface area contributed by atoms with Crippen molar-refractivity contribution in [2.75, 3.05) is 0 Å². The number of alkyl halides is 6. The first-order valence-electron chi connectivity index (χ1n) is 7.64. The van der Waals surface area contributed by atoms with E-state index in [0.29, 0.717) is 17.7 Å². The van der Waals surface area contributed by atoms with Gasteiger partial charge in [0.15, 0.2) is 0 Å². The average molecular weight is 374 g/mol. The molecule has 2 atom stereocenters. The fourth-order valence-corrected chi connectivity index (χ4v) is 2.43. The van der Waals surface area contributed by atoms with Crippen LogP contribution in [0.1, 0.15) is 41.4 Å². The molecule has 0 saturated carbocycles. The minimum Gasteiger partial charge on any atom is -0.362 e. The first-order chi connectivity index (χ1) is 12.0. The molecular formula is C19H16F6O. The molecule has 0 amide bonds. The molecule has 2 aromatic carbocycles. The highest BCUT2D eigenvalue weighted by atomic mass is 19.4. The summed E-state index contributed by atoms with van der Waals surface area (Å²) < 4.78 is 83.5. The third kappa shape index (κ3) is 4.88. The van der Waals surface area contributed by atoms with Crippen LogP contribution in [0.15, 0.2) is 61.2 Å². The molecule has 0 saturated heterocycles. The van der Waals surface area contributed by atoms with E-state index in [9.17, 15) is 26.3 Å². The number of halogens is 6. The zero-order chi connectivity index (χ0) is 19.5. The molecule has 0 spiro atoms. The molecule has 26 heavy (non-hydrogen) atoms. The zero-order valence-corrected chi connectivity index (χ0v) is 13.7. The van der Waals surface area contributed by atoms with Crippen molar-refractivity contribution < 1.29 is 31.1 Å². The highest BCUT2D eigenvalue weighted by molar-refractivity contribution is 5.35. The Labute approximate surface area is 146 Å². The zero-order valence-electron chi connectivity index (χ0n) is 13.7. The summed E-state index contributed by atoms with van der Waals surface area (Å²) in [4.78, 5) is 0. The van der Waals surface area contributed by atoms with Gasteiger partial charge in [-0.3, -0.25) is 0 Å². The maximum Gasteiger partial charge on any atom is 0.416 e. The maximum absolute atomic E-state index is 13.0. The van der Waals surface area contributed by atoms with E-state index < -0.39 is 35.7 Å². The first-order valence-corrected chi connectivity index (χ1v) is 7.64. The summed E-state index contributed by atoms with van der Waals surface area (Å²) in [6.07, 6.45) is -10.0. The summed E-state index contributed by atoms with van der Waals surface area (Å²) in [5.41, 5.74) is -2.26. The molecule has 0 bridgehead atoms. The fraction of sp³-hybridized carbons (Fsp3) is 0.263. The van der Waals surface area contributed by atoms with Crippen LogP contribution in [0, 0.1) is 0 Å². The van der Waals surface area contributed by atoms with Crippen molar-refractivity contribution >= 4 is 0 Å². The van der Waals surface area contributed by atoms with Crippen molar-refractivity contribution in [3.05, 3.63) is 83.4 Å². The largest absolute Gasteiger partial charge is 0.416 e. The first kappa shape index (κ1) is 20.0. The molecule has 2 rings (SSSR count). The van der Waals surface area contributed by atoms with E-state index in [-0.39, 0.29) is 11.6 Å². The summed E-state index contributed by atoms with van der Waals surface area (Å²) >= 11 is 0. The smallest absolute Gasteiger partial charge is 0.362 e. The van der Waals surface area contributed by atoms with E-state index in [2.05, 4.69) is 6.58 Å². The lowest BCUT2D eigenvalue weighted by Crippen LogP contribution is -2.14. The van der Waals surface area contributed by atoms with Gasteiger partial charge in [-0.15, -0.1) is 6.58 Å². The predicted octanol–water partition coefficient (Wildman–Crippen LogP) is 6.73. The second-order valence-electron chi connectivity index (χ2n) is 5.68. The quantitative estimate of drug-likeness (QED) is 0.416. The van der Waals surface area contributed by atoms with Gasteiger partial charge >= 0.3 is 12.4 Å². The third-order valence-corrected chi connectivity index (χ3v) is 3.77. The Morgan fingerprint density at radius 3 is 1.77 bits per heavy atom. The molecule has 0 aliphatic heterocycles. The summed E-state index contributed by atoms with van der Waals surface area (Å²) in [6.45, 7) is 5.01. The summed E-state index contributed by atoms with van der Waals surface area (Å²) in [5.74, 6) is 0. The maximum atomic E-state index is 13.0. The molecule has 1 nitrogen and oxygen atoms in total. The fourth-order valence-electron chi connectivity index (χ4n) is 2.43. The minimum atomic E-state index is -4.90. The molecule has 0 aromatic heterocycles. The molecule has 0 unspecified atom stereocenters. The van der Waals surface area contributed by atoms with Crippen LogP contribution in [0.2, 0.25) is 0 Å². The SMILES string of the molecule is C=C[C@@H](O[C@H](C)c1cc(C(F)(F)F)cc(C(F)(F)F)c1)c1ccccc1. The average Bonchev–Trinajstić information content (AvgIpc) is 2.58. The van der Waals surface area contributed by atoms with Gasteiger partial charge in [-0.1, -0.05) is 36.4 Å². The van der Waals surface area contributed by atoms with Gasteiger partial charge in [-0.05, 0) is 36.2 Å². The number of rotatable bonds is 5. The van der Waals surface area contributed by atoms with Crippen molar-refractivity contribution in [3.8, 4) is 0 Å². The molecule has 0 aliphatic rings. The van der Waals surface area contributed by atoms with Crippen molar-refractivity contribution in [2.24, 2.45) is 0 Å². The molecule has 0 fully saturated rings. The van der Waals surface area contributed by atoms with Crippen LogP contribution in [-0.2, 0) is 17.1 Å². The van der Waals surface area contributed by atoms with E-state index in [1.54, 1.807) is 30.3 Å². The van der Waals surface area contributed by atoms with Gasteiger partial charge in [-0.25, -0.2) is 0 Å². The van der Waals surface area contributed by atoms with Crippen LogP contribution in [0.4, 0.5) is 26.3 Å². The Balaban J connectivity index is 2.38. The van der Waals surface area contributed by atoms with E-state index >= 15 is 0 Å². The van der Waals surface area contributed by atoms with Crippen molar-refractivity contribution in [2.45, 2.75) is 31.5 Å². The minimum absolute atomic E-state index is 0.0956. The van der Waals surface area contributed by atoms with Gasteiger partial charge in [0.1, 0.15) is 6.10 Å². The molecule has 7 heteroatoms. The number of benzene rings is 2. The highest BCUT2D eigenvalue weighted by Crippen LogP contribution is 2.38. The van der Waals surface area contributed by atoms with E-state index in [0.717, 1.165) is 0 Å². The summed E-state index contributed by atoms with van der Waals surface area (Å²) in [5, 5.41) is 0. The second kappa shape index (κ2) is 7.53. The van der Waals surface area contributed by atoms with Crippen molar-refractivity contribution in [3.63, 3.8) is 0 Å². The lowest BCUT2D eigenvalue weighted by atomic mass is 10.0. The molecule has 0 heterocycles. The van der Waals surface area contributed by atoms with Gasteiger partial charge in [-0.2, -0.15) is 26.3 Å². The number of ether oxygens (including phenoxy) is 1. The Morgan fingerprint density at radius 1 is 0.846 bits per heavy atom. The van der Waals surface area contributed by atoms with E-state index in [1.807, 2.05) is 0 Å². The van der Waals surface area contributed by atoms with E-state index in [1.165, 1.54) is 13.0 Å². The van der Waals surface area contributed by atoms with Gasteiger partial charge in [0.2, 0.25) is 0 Å². The van der Waals surface area contributed by atoms with Crippen molar-refractivity contribution in [1.29, 1.82) is 0 Å². The molecular weight excluding hydrogens is 358 g/mol. The topological polar surface area (TPSA) is 9.23 Å². The molecule has 0 aliphatic carbocycles. The normalized spacial score (nSPS) is 14.7. The Kier molecular flexibility index (Phi) is 5.81. The summed E-state index contributed by atoms with van der Waals surface area (Å²) in [7, 11) is 0. The van der Waals surface area contributed by atoms with Crippen LogP contribution in [0.3, 0.4) is 0 Å². The number of hydrogen-bond donors (Lipinski definition) is 0. The van der Waals surface area contributed by atoms with Gasteiger partial charge in [0.25, 0.3) is 0 Å². The Morgan fingerprint density at radius 2 is 1.35 bits per heavy atom. The van der Waals surface area contributed by atoms with Crippen LogP contribution < -0.4 is 0 Å². The Hall–Kier alpha value is -2.28. The standard InChI is InChI=1S/C19H16F6O/c1-3-17(13-7-5-4-6-8-13)26-12(2)14-9-15(18(20,21)22)11-16(10-14)19(23,24)25/h3-12,17H,1H2,2H3/t12-,17-/m1/s1. The number of hydrogen-bond acceptors (Lipinski definition) is 1. The van der Waals surface area contributed by atoms with Crippen LogP contribution >= 0.6 is 0 Å². The van der Waals surface area contributed by atoms with Gasteiger partial charge < -0.3 is 4.74 Å². The molecule has 0 radical (unpaired) electrons. The van der Waals surface area contributed by atoms with Gasteiger partial charge in [0.05, 0.1) is 17.2 Å². The van der Waals surface area contributed by atoms with Crippen LogP contribution in [0.25, 0.3) is 0 Å². The third-order valence-electron chi connectivity index (χ3n) is 3.77. The van der Waals surface area contributed by atoms with E-state index in [4.69, 9.17) is 4.74 Å². The molecule has 2 aromatic rings. The summed E-state index contributed by atoms with van der Waals surface area (Å²) in [6, 6.07) is 10.2. The lowest BCUT2D eigenvalue weighted by Gasteiger charge is -2.22. The van der Waals surface area contributed by atoms with Crippen molar-refractivity contribution in [1.82, 2.24) is 0 Å². The molecule has 140 valence electrons. The van der Waals surface area contributed by atoms with Crippen LogP contribution in [0.5, 0.6) is 0 Å². The lowest BCUT2D eigenvalue weighted by molar-refractivity contribution is -0.143. The highest BCUT2D eigenvalue weighted by Gasteiger charge is 2.37.